The van der Waals surface area contributed by atoms with Crippen LogP contribution in [0.15, 0.2) is 12.1 Å². The monoisotopic (exact) mass is 334 g/mol. The van der Waals surface area contributed by atoms with Gasteiger partial charge < -0.3 is 5.32 Å². The summed E-state index contributed by atoms with van der Waals surface area (Å²) in [6, 6.07) is 2.37. The second-order valence-corrected chi connectivity index (χ2v) is 6.07. The molecule has 6 heteroatoms. The molecular formula is C16H22ClF3N2. The summed E-state index contributed by atoms with van der Waals surface area (Å²) in [5.74, 6) is -3.12. The van der Waals surface area contributed by atoms with Crippen LogP contribution in [-0.4, -0.2) is 31.1 Å². The Labute approximate surface area is 135 Å². The summed E-state index contributed by atoms with van der Waals surface area (Å²) >= 11 is 0. The molecule has 0 aromatic heterocycles. The minimum atomic E-state index is -1.37. The van der Waals surface area contributed by atoms with Gasteiger partial charge in [0.2, 0.25) is 0 Å². The Kier molecular flexibility index (Phi) is 6.12. The van der Waals surface area contributed by atoms with Gasteiger partial charge in [-0.15, -0.1) is 12.4 Å². The first-order chi connectivity index (χ1) is 10.2. The third-order valence-corrected chi connectivity index (χ3v) is 4.74. The van der Waals surface area contributed by atoms with Crippen molar-refractivity contribution in [1.82, 2.24) is 10.2 Å². The van der Waals surface area contributed by atoms with Gasteiger partial charge in [0.05, 0.1) is 0 Å². The fraction of sp³-hybridized carbons (Fsp3) is 0.625. The summed E-state index contributed by atoms with van der Waals surface area (Å²) in [4.78, 5) is 2.29. The van der Waals surface area contributed by atoms with Gasteiger partial charge in [-0.1, -0.05) is 12.8 Å². The van der Waals surface area contributed by atoms with E-state index in [2.05, 4.69) is 10.2 Å². The molecule has 1 aromatic rings. The predicted octanol–water partition coefficient (Wildman–Crippen LogP) is 3.66. The normalized spacial score (nSPS) is 21.6. The molecule has 2 nitrogen and oxygen atoms in total. The Bertz CT molecular complexity index is 477. The summed E-state index contributed by atoms with van der Waals surface area (Å²) < 4.78 is 40.4. The molecule has 2 fully saturated rings. The highest BCUT2D eigenvalue weighted by Gasteiger charge is 2.32. The van der Waals surface area contributed by atoms with Gasteiger partial charge in [-0.05, 0) is 36.5 Å². The van der Waals surface area contributed by atoms with Crippen LogP contribution in [0.4, 0.5) is 13.2 Å². The number of rotatable bonds is 3. The number of nitrogens with one attached hydrogen (secondary N) is 1. The number of nitrogens with zero attached hydrogens (tertiary/aromatic N) is 1. The summed E-state index contributed by atoms with van der Waals surface area (Å²) in [6.07, 6.45) is 4.49. The van der Waals surface area contributed by atoms with Crippen molar-refractivity contribution in [1.29, 1.82) is 0 Å². The quantitative estimate of drug-likeness (QED) is 0.849. The zero-order valence-electron chi connectivity index (χ0n) is 12.5. The molecule has 0 amide bonds. The van der Waals surface area contributed by atoms with Gasteiger partial charge in [0.1, 0.15) is 0 Å². The topological polar surface area (TPSA) is 15.3 Å². The molecule has 1 N–H and O–H groups in total. The van der Waals surface area contributed by atoms with Crippen LogP contribution in [0.3, 0.4) is 0 Å². The average molecular weight is 335 g/mol. The number of hydrogen-bond donors (Lipinski definition) is 1. The second kappa shape index (κ2) is 7.66. The highest BCUT2D eigenvalue weighted by molar-refractivity contribution is 5.85. The van der Waals surface area contributed by atoms with E-state index in [9.17, 15) is 13.2 Å². The van der Waals surface area contributed by atoms with E-state index in [1.54, 1.807) is 0 Å². The predicted molar refractivity (Wildman–Crippen MR) is 82.7 cm³/mol. The van der Waals surface area contributed by atoms with Gasteiger partial charge in [-0.2, -0.15) is 0 Å². The van der Waals surface area contributed by atoms with Crippen molar-refractivity contribution in [2.24, 2.45) is 5.92 Å². The molecule has 1 aromatic carbocycles. The maximum atomic E-state index is 13.6. The lowest BCUT2D eigenvalue weighted by Gasteiger charge is -2.38. The Hall–Kier alpha value is -0.780. The van der Waals surface area contributed by atoms with E-state index in [4.69, 9.17) is 0 Å². The molecule has 2 aliphatic rings. The van der Waals surface area contributed by atoms with Crippen molar-refractivity contribution in [2.75, 3.05) is 26.2 Å². The summed E-state index contributed by atoms with van der Waals surface area (Å²) in [5, 5.41) is 3.29. The molecule has 1 aliphatic carbocycles. The van der Waals surface area contributed by atoms with Crippen LogP contribution < -0.4 is 5.32 Å². The number of hydrogen-bond acceptors (Lipinski definition) is 2. The standard InChI is InChI=1S/C16H21F3N2.ClH/c17-13-9-12(10-14(18)15(13)19)16(11-3-1-2-4-11)21-7-5-20-6-8-21;/h9-11,16,20H,1-8H2;1H/t16-;/m1./s1. The smallest absolute Gasteiger partial charge is 0.194 e. The molecule has 0 spiro atoms. The van der Waals surface area contributed by atoms with E-state index in [0.717, 1.165) is 39.0 Å². The minimum Gasteiger partial charge on any atom is -0.314 e. The molecule has 22 heavy (non-hydrogen) atoms. The third-order valence-electron chi connectivity index (χ3n) is 4.74. The lowest BCUT2D eigenvalue weighted by molar-refractivity contribution is 0.125. The average Bonchev–Trinajstić information content (AvgIpc) is 3.00. The number of benzene rings is 1. The van der Waals surface area contributed by atoms with E-state index in [-0.39, 0.29) is 18.4 Å². The van der Waals surface area contributed by atoms with E-state index >= 15 is 0 Å². The molecule has 0 unspecified atom stereocenters. The van der Waals surface area contributed by atoms with E-state index in [1.807, 2.05) is 0 Å². The van der Waals surface area contributed by atoms with Crippen LogP contribution in [0.5, 0.6) is 0 Å². The largest absolute Gasteiger partial charge is 0.314 e. The van der Waals surface area contributed by atoms with Crippen molar-refractivity contribution < 1.29 is 13.2 Å². The summed E-state index contributed by atoms with van der Waals surface area (Å²) in [7, 11) is 0. The Balaban J connectivity index is 0.00000176. The molecule has 1 saturated carbocycles. The first kappa shape index (κ1) is 17.6. The molecule has 3 rings (SSSR count). The zero-order valence-corrected chi connectivity index (χ0v) is 13.3. The molecule has 124 valence electrons. The zero-order chi connectivity index (χ0) is 14.8. The maximum absolute atomic E-state index is 13.6. The van der Waals surface area contributed by atoms with Crippen LogP contribution in [-0.2, 0) is 0 Å². The van der Waals surface area contributed by atoms with Gasteiger partial charge in [-0.3, -0.25) is 4.90 Å². The highest BCUT2D eigenvalue weighted by atomic mass is 35.5. The lowest BCUT2D eigenvalue weighted by atomic mass is 9.89. The molecule has 0 radical (unpaired) electrons. The van der Waals surface area contributed by atoms with Gasteiger partial charge in [0, 0.05) is 32.2 Å². The first-order valence-corrected chi connectivity index (χ1v) is 7.76. The van der Waals surface area contributed by atoms with Crippen LogP contribution in [0, 0.1) is 23.4 Å². The first-order valence-electron chi connectivity index (χ1n) is 7.76. The van der Waals surface area contributed by atoms with Crippen molar-refractivity contribution in [3.05, 3.63) is 35.1 Å². The fourth-order valence-electron chi connectivity index (χ4n) is 3.76. The molecule has 1 aliphatic heterocycles. The fourth-order valence-corrected chi connectivity index (χ4v) is 3.76. The van der Waals surface area contributed by atoms with Crippen LogP contribution >= 0.6 is 12.4 Å². The van der Waals surface area contributed by atoms with E-state index in [1.165, 1.54) is 25.0 Å². The van der Waals surface area contributed by atoms with Gasteiger partial charge in [0.25, 0.3) is 0 Å². The molecule has 1 atom stereocenters. The second-order valence-electron chi connectivity index (χ2n) is 6.07. The van der Waals surface area contributed by atoms with Crippen molar-refractivity contribution in [3.63, 3.8) is 0 Å². The maximum Gasteiger partial charge on any atom is 0.194 e. The van der Waals surface area contributed by atoms with E-state index in [0.29, 0.717) is 11.5 Å². The molecular weight excluding hydrogens is 313 g/mol. The summed E-state index contributed by atoms with van der Waals surface area (Å²) in [5.41, 5.74) is 0.584. The number of piperazine rings is 1. The molecule has 0 bridgehead atoms. The van der Waals surface area contributed by atoms with Crippen LogP contribution in [0.1, 0.15) is 37.3 Å². The highest BCUT2D eigenvalue weighted by Crippen LogP contribution is 2.40. The van der Waals surface area contributed by atoms with Crippen molar-refractivity contribution in [3.8, 4) is 0 Å². The van der Waals surface area contributed by atoms with Gasteiger partial charge in [-0.25, -0.2) is 13.2 Å². The summed E-state index contributed by atoms with van der Waals surface area (Å²) in [6.45, 7) is 3.49. The SMILES string of the molecule is Cl.Fc1cc([C@@H](C2CCCC2)N2CCNCC2)cc(F)c1F. The minimum absolute atomic E-state index is 0. The van der Waals surface area contributed by atoms with Crippen molar-refractivity contribution in [2.45, 2.75) is 31.7 Å². The Morgan fingerprint density at radius 3 is 2.09 bits per heavy atom. The Morgan fingerprint density at radius 1 is 1.00 bits per heavy atom. The third kappa shape index (κ3) is 3.58. The number of halogens is 4. The molecule has 1 heterocycles. The van der Waals surface area contributed by atoms with Crippen LogP contribution in [0.25, 0.3) is 0 Å². The molecule has 1 saturated heterocycles. The van der Waals surface area contributed by atoms with Crippen molar-refractivity contribution >= 4 is 12.4 Å². The Morgan fingerprint density at radius 2 is 1.55 bits per heavy atom. The van der Waals surface area contributed by atoms with Crippen LogP contribution in [0.2, 0.25) is 0 Å². The van der Waals surface area contributed by atoms with E-state index < -0.39 is 17.5 Å². The van der Waals surface area contributed by atoms with Gasteiger partial charge >= 0.3 is 0 Å². The van der Waals surface area contributed by atoms with Gasteiger partial charge in [0.15, 0.2) is 17.5 Å². The lowest BCUT2D eigenvalue weighted by Crippen LogP contribution is -2.46.